The van der Waals surface area contributed by atoms with Crippen LogP contribution in [0.2, 0.25) is 5.02 Å². The second kappa shape index (κ2) is 6.19. The highest BCUT2D eigenvalue weighted by Gasteiger charge is 2.62. The fourth-order valence-electron chi connectivity index (χ4n) is 5.59. The van der Waals surface area contributed by atoms with E-state index in [1.165, 1.54) is 5.56 Å². The monoisotopic (exact) mass is 423 g/mol. The van der Waals surface area contributed by atoms with Gasteiger partial charge in [-0.25, -0.2) is 9.50 Å². The van der Waals surface area contributed by atoms with E-state index in [1.54, 1.807) is 0 Å². The van der Waals surface area contributed by atoms with E-state index in [2.05, 4.69) is 43.1 Å². The van der Waals surface area contributed by atoms with E-state index >= 15 is 0 Å². The molecule has 7 rings (SSSR count). The Bertz CT molecular complexity index is 1160. The van der Waals surface area contributed by atoms with E-state index < -0.39 is 5.60 Å². The molecule has 3 aliphatic heterocycles. The number of anilines is 1. The lowest BCUT2D eigenvalue weighted by molar-refractivity contribution is -0.0287. The number of pyridine rings is 1. The Kier molecular flexibility index (Phi) is 3.84. The molecule has 4 aliphatic rings. The third kappa shape index (κ3) is 2.44. The Hall–Kier alpha value is -2.15. The molecular formula is C23H26ClN5O. The Morgan fingerprint density at radius 2 is 2.13 bits per heavy atom. The average molecular weight is 424 g/mol. The summed E-state index contributed by atoms with van der Waals surface area (Å²) in [6.45, 7) is 7.02. The first-order valence-corrected chi connectivity index (χ1v) is 11.0. The molecular weight excluding hydrogens is 398 g/mol. The summed E-state index contributed by atoms with van der Waals surface area (Å²) < 4.78 is 7.92. The SMILES string of the molecule is Cc1cc(N2CC[C@](C)(c3ccccc3Cl)C2)cn2nc(C34CC(CO3)C4N)nc12. The molecule has 4 atom stereocenters. The van der Waals surface area contributed by atoms with Gasteiger partial charge in [-0.2, -0.15) is 0 Å². The van der Waals surface area contributed by atoms with Crippen molar-refractivity contribution in [3.05, 3.63) is 58.5 Å². The highest BCUT2D eigenvalue weighted by Crippen LogP contribution is 2.53. The molecule has 3 aromatic rings. The third-order valence-electron chi connectivity index (χ3n) is 7.51. The largest absolute Gasteiger partial charge is 0.369 e. The van der Waals surface area contributed by atoms with Crippen LogP contribution in [-0.2, 0) is 15.8 Å². The predicted octanol–water partition coefficient (Wildman–Crippen LogP) is 3.43. The number of aryl methyl sites for hydroxylation is 1. The molecule has 0 spiro atoms. The first-order chi connectivity index (χ1) is 14.4. The van der Waals surface area contributed by atoms with Gasteiger partial charge in [0.05, 0.1) is 18.5 Å². The molecule has 3 unspecified atom stereocenters. The standard InChI is InChI=1S/C23H26ClN5O/c1-14-9-16(28-8-7-22(2,13-28)17-5-3-4-6-18(17)24)11-29-20(14)26-21(27-29)23-10-15(12-30-23)19(23)25/h3-6,9,11,15,19H,7-8,10,12-13,25H2,1-2H3/t15?,19?,22-,23?/m0/s1. The van der Waals surface area contributed by atoms with Gasteiger partial charge in [0.1, 0.15) is 5.60 Å². The normalized spacial score (nSPS) is 32.7. The van der Waals surface area contributed by atoms with Crippen molar-refractivity contribution in [1.29, 1.82) is 0 Å². The van der Waals surface area contributed by atoms with Gasteiger partial charge >= 0.3 is 0 Å². The Balaban J connectivity index is 1.34. The first-order valence-electron chi connectivity index (χ1n) is 10.7. The minimum atomic E-state index is -0.487. The number of nitrogens with two attached hydrogens (primary N) is 1. The van der Waals surface area contributed by atoms with Crippen LogP contribution >= 0.6 is 11.6 Å². The van der Waals surface area contributed by atoms with Crippen molar-refractivity contribution >= 4 is 22.9 Å². The molecule has 1 aromatic carbocycles. The van der Waals surface area contributed by atoms with Crippen LogP contribution < -0.4 is 10.6 Å². The van der Waals surface area contributed by atoms with Gasteiger partial charge in [-0.1, -0.05) is 36.7 Å². The topological polar surface area (TPSA) is 68.7 Å². The molecule has 0 amide bonds. The number of fused-ring (bicyclic) bond motifs is 2. The highest BCUT2D eigenvalue weighted by atomic mass is 35.5. The lowest BCUT2D eigenvalue weighted by Gasteiger charge is -2.40. The molecule has 1 aliphatic carbocycles. The summed E-state index contributed by atoms with van der Waals surface area (Å²) >= 11 is 6.52. The third-order valence-corrected chi connectivity index (χ3v) is 7.84. The smallest absolute Gasteiger partial charge is 0.185 e. The summed E-state index contributed by atoms with van der Waals surface area (Å²) in [6, 6.07) is 10.4. The van der Waals surface area contributed by atoms with Gasteiger partial charge in [0.15, 0.2) is 11.5 Å². The average Bonchev–Trinajstić information content (AvgIpc) is 3.49. The van der Waals surface area contributed by atoms with E-state index in [9.17, 15) is 0 Å². The van der Waals surface area contributed by atoms with Gasteiger partial charge < -0.3 is 15.4 Å². The summed E-state index contributed by atoms with van der Waals surface area (Å²) in [5.41, 5.74) is 10.3. The van der Waals surface area contributed by atoms with Gasteiger partial charge in [-0.05, 0) is 43.0 Å². The maximum Gasteiger partial charge on any atom is 0.185 e. The van der Waals surface area contributed by atoms with Gasteiger partial charge in [0, 0.05) is 35.5 Å². The van der Waals surface area contributed by atoms with Gasteiger partial charge in [-0.3, -0.25) is 0 Å². The summed E-state index contributed by atoms with van der Waals surface area (Å²) in [4.78, 5) is 7.24. The van der Waals surface area contributed by atoms with Crippen molar-refractivity contribution < 1.29 is 4.74 Å². The second-order valence-corrected chi connectivity index (χ2v) is 9.89. The van der Waals surface area contributed by atoms with Crippen LogP contribution in [-0.4, -0.2) is 40.3 Å². The zero-order chi connectivity index (χ0) is 20.7. The molecule has 2 aromatic heterocycles. The van der Waals surface area contributed by atoms with Gasteiger partial charge in [0.2, 0.25) is 0 Å². The van der Waals surface area contributed by atoms with Crippen LogP contribution in [0.15, 0.2) is 36.5 Å². The van der Waals surface area contributed by atoms with E-state index in [-0.39, 0.29) is 11.5 Å². The Morgan fingerprint density at radius 1 is 1.30 bits per heavy atom. The number of halogens is 1. The van der Waals surface area contributed by atoms with Crippen molar-refractivity contribution in [1.82, 2.24) is 14.6 Å². The van der Waals surface area contributed by atoms with Crippen molar-refractivity contribution in [2.75, 3.05) is 24.6 Å². The fraction of sp³-hybridized carbons (Fsp3) is 0.478. The van der Waals surface area contributed by atoms with Crippen LogP contribution in [0.1, 0.15) is 36.7 Å². The molecule has 3 saturated heterocycles. The van der Waals surface area contributed by atoms with Gasteiger partial charge in [-0.15, -0.1) is 5.10 Å². The van der Waals surface area contributed by atoms with Crippen LogP contribution in [0, 0.1) is 12.8 Å². The molecule has 0 radical (unpaired) electrons. The summed E-state index contributed by atoms with van der Waals surface area (Å²) in [5.74, 6) is 1.17. The lowest BCUT2D eigenvalue weighted by Crippen LogP contribution is -2.55. The number of nitrogens with zero attached hydrogens (tertiary/aromatic N) is 4. The number of ether oxygens (including phenoxy) is 1. The number of rotatable bonds is 3. The van der Waals surface area contributed by atoms with Crippen LogP contribution in [0.3, 0.4) is 0 Å². The van der Waals surface area contributed by atoms with Crippen LogP contribution in [0.4, 0.5) is 5.69 Å². The van der Waals surface area contributed by atoms with Crippen molar-refractivity contribution in [2.45, 2.75) is 43.7 Å². The summed E-state index contributed by atoms with van der Waals surface area (Å²) in [5, 5.41) is 5.66. The van der Waals surface area contributed by atoms with Crippen LogP contribution in [0.5, 0.6) is 0 Å². The van der Waals surface area contributed by atoms with Gasteiger partial charge in [0.25, 0.3) is 0 Å². The molecule has 5 heterocycles. The highest BCUT2D eigenvalue weighted by molar-refractivity contribution is 6.31. The molecule has 7 heteroatoms. The molecule has 156 valence electrons. The van der Waals surface area contributed by atoms with E-state index in [4.69, 9.17) is 32.2 Å². The van der Waals surface area contributed by atoms with E-state index in [0.717, 1.165) is 60.3 Å². The number of benzene rings is 1. The maximum absolute atomic E-state index is 6.52. The predicted molar refractivity (Wildman–Crippen MR) is 117 cm³/mol. The molecule has 1 saturated carbocycles. The van der Waals surface area contributed by atoms with Crippen molar-refractivity contribution in [2.24, 2.45) is 11.7 Å². The van der Waals surface area contributed by atoms with Crippen LogP contribution in [0.25, 0.3) is 5.65 Å². The Morgan fingerprint density at radius 3 is 2.87 bits per heavy atom. The fourth-order valence-corrected chi connectivity index (χ4v) is 5.95. The quantitative estimate of drug-likeness (QED) is 0.699. The molecule has 6 nitrogen and oxygen atoms in total. The molecule has 4 fully saturated rings. The minimum absolute atomic E-state index is 0.00426. The van der Waals surface area contributed by atoms with E-state index in [1.807, 2.05) is 16.6 Å². The summed E-state index contributed by atoms with van der Waals surface area (Å²) in [6.07, 6.45) is 4.08. The number of hydrogen-bond acceptors (Lipinski definition) is 5. The minimum Gasteiger partial charge on any atom is -0.369 e. The molecule has 2 N–H and O–H groups in total. The summed E-state index contributed by atoms with van der Waals surface area (Å²) in [7, 11) is 0. The lowest BCUT2D eigenvalue weighted by atomic mass is 9.69. The zero-order valence-corrected chi connectivity index (χ0v) is 18.1. The maximum atomic E-state index is 6.52. The van der Waals surface area contributed by atoms with Crippen molar-refractivity contribution in [3.63, 3.8) is 0 Å². The second-order valence-electron chi connectivity index (χ2n) is 9.49. The van der Waals surface area contributed by atoms with E-state index in [0.29, 0.717) is 5.92 Å². The molecule has 30 heavy (non-hydrogen) atoms. The number of aromatic nitrogens is 3. The zero-order valence-electron chi connectivity index (χ0n) is 17.3. The molecule has 2 bridgehead atoms. The Labute approximate surface area is 181 Å². The number of hydrogen-bond donors (Lipinski definition) is 1. The van der Waals surface area contributed by atoms with Crippen molar-refractivity contribution in [3.8, 4) is 0 Å². The first kappa shape index (κ1) is 18.6.